The second-order valence-electron chi connectivity index (χ2n) is 6.14. The standard InChI is InChI=1S/C18H29N3O4S.HI/c1-4-24-16-7-6-14(12-17(16)25-5-2)8-10-20-18(19-3)21-15-9-11-26(22,23)13-15;/h6-7,12,15H,4-5,8-11,13H2,1-3H3,(H2,19,20,21);1H. The molecule has 0 bridgehead atoms. The highest BCUT2D eigenvalue weighted by Gasteiger charge is 2.28. The molecule has 7 nitrogen and oxygen atoms in total. The maximum atomic E-state index is 11.5. The SMILES string of the molecule is CCOc1ccc(CCNC(=NC)NC2CCS(=O)(=O)C2)cc1OCC.I. The van der Waals surface area contributed by atoms with Crippen molar-refractivity contribution in [1.29, 1.82) is 0 Å². The Balaban J connectivity index is 0.00000364. The fourth-order valence-corrected chi connectivity index (χ4v) is 4.55. The van der Waals surface area contributed by atoms with E-state index in [2.05, 4.69) is 15.6 Å². The zero-order valence-electron chi connectivity index (χ0n) is 16.2. The zero-order valence-corrected chi connectivity index (χ0v) is 19.3. The van der Waals surface area contributed by atoms with E-state index in [4.69, 9.17) is 9.47 Å². The van der Waals surface area contributed by atoms with Gasteiger partial charge in [0.15, 0.2) is 27.3 Å². The second-order valence-corrected chi connectivity index (χ2v) is 8.37. The number of sulfone groups is 1. The molecule has 9 heteroatoms. The summed E-state index contributed by atoms with van der Waals surface area (Å²) in [5.41, 5.74) is 1.13. The third-order valence-electron chi connectivity index (χ3n) is 4.11. The number of ether oxygens (including phenoxy) is 2. The molecule has 1 atom stereocenters. The molecule has 154 valence electrons. The van der Waals surface area contributed by atoms with E-state index in [1.165, 1.54) is 0 Å². The van der Waals surface area contributed by atoms with E-state index in [0.717, 1.165) is 23.5 Å². The van der Waals surface area contributed by atoms with E-state index >= 15 is 0 Å². The predicted molar refractivity (Wildman–Crippen MR) is 119 cm³/mol. The van der Waals surface area contributed by atoms with Crippen molar-refractivity contribution in [2.45, 2.75) is 32.7 Å². The lowest BCUT2D eigenvalue weighted by molar-refractivity contribution is 0.287. The average molecular weight is 511 g/mol. The smallest absolute Gasteiger partial charge is 0.191 e. The summed E-state index contributed by atoms with van der Waals surface area (Å²) in [4.78, 5) is 4.17. The van der Waals surface area contributed by atoms with E-state index in [-0.39, 0.29) is 41.5 Å². The molecule has 0 saturated carbocycles. The minimum atomic E-state index is -2.90. The summed E-state index contributed by atoms with van der Waals surface area (Å²) in [6, 6.07) is 5.88. The van der Waals surface area contributed by atoms with Crippen molar-refractivity contribution in [1.82, 2.24) is 10.6 Å². The quantitative estimate of drug-likeness (QED) is 0.316. The van der Waals surface area contributed by atoms with Crippen LogP contribution in [0.5, 0.6) is 11.5 Å². The molecule has 27 heavy (non-hydrogen) atoms. The van der Waals surface area contributed by atoms with Gasteiger partial charge in [0.2, 0.25) is 0 Å². The summed E-state index contributed by atoms with van der Waals surface area (Å²) in [5, 5.41) is 6.42. The highest BCUT2D eigenvalue weighted by molar-refractivity contribution is 14.0. The van der Waals surface area contributed by atoms with Crippen molar-refractivity contribution in [2.75, 3.05) is 38.3 Å². The Morgan fingerprint density at radius 2 is 1.93 bits per heavy atom. The molecular weight excluding hydrogens is 481 g/mol. The van der Waals surface area contributed by atoms with Crippen molar-refractivity contribution in [3.05, 3.63) is 23.8 Å². The highest BCUT2D eigenvalue weighted by Crippen LogP contribution is 2.28. The molecular formula is C18H30IN3O4S. The van der Waals surface area contributed by atoms with Gasteiger partial charge in [-0.3, -0.25) is 4.99 Å². The normalized spacial score (nSPS) is 18.5. The molecule has 1 fully saturated rings. The van der Waals surface area contributed by atoms with Crippen molar-refractivity contribution < 1.29 is 17.9 Å². The van der Waals surface area contributed by atoms with Crippen molar-refractivity contribution in [3.8, 4) is 11.5 Å². The molecule has 0 aromatic heterocycles. The number of hydrogen-bond donors (Lipinski definition) is 2. The Bertz CT molecular complexity index is 725. The summed E-state index contributed by atoms with van der Waals surface area (Å²) in [7, 11) is -1.22. The van der Waals surface area contributed by atoms with Gasteiger partial charge in [0.1, 0.15) is 0 Å². The number of aliphatic imine (C=N–C) groups is 1. The molecule has 2 N–H and O–H groups in total. The summed E-state index contributed by atoms with van der Waals surface area (Å²) in [6.45, 7) is 5.76. The third kappa shape index (κ3) is 7.73. The molecule has 0 amide bonds. The number of rotatable bonds is 8. The predicted octanol–water partition coefficient (Wildman–Crippen LogP) is 2.00. The van der Waals surface area contributed by atoms with Crippen molar-refractivity contribution in [3.63, 3.8) is 0 Å². The third-order valence-corrected chi connectivity index (χ3v) is 5.88. The Labute approximate surface area is 179 Å². The van der Waals surface area contributed by atoms with Crippen LogP contribution < -0.4 is 20.1 Å². The number of nitrogens with zero attached hydrogens (tertiary/aromatic N) is 1. The van der Waals surface area contributed by atoms with Crippen LogP contribution in [0, 0.1) is 0 Å². The van der Waals surface area contributed by atoms with Gasteiger partial charge in [-0.15, -0.1) is 24.0 Å². The lowest BCUT2D eigenvalue weighted by atomic mass is 10.1. The van der Waals surface area contributed by atoms with Crippen LogP contribution in [0.1, 0.15) is 25.8 Å². The fraction of sp³-hybridized carbons (Fsp3) is 0.611. The van der Waals surface area contributed by atoms with Crippen LogP contribution >= 0.6 is 24.0 Å². The number of nitrogens with one attached hydrogen (secondary N) is 2. The topological polar surface area (TPSA) is 89.0 Å². The van der Waals surface area contributed by atoms with Crippen LogP contribution in [0.15, 0.2) is 23.2 Å². The van der Waals surface area contributed by atoms with Gasteiger partial charge < -0.3 is 20.1 Å². The molecule has 1 aliphatic rings. The first-order chi connectivity index (χ1) is 12.5. The highest BCUT2D eigenvalue weighted by atomic mass is 127. The van der Waals surface area contributed by atoms with Gasteiger partial charge in [-0.05, 0) is 44.4 Å². The maximum absolute atomic E-state index is 11.5. The Kier molecular flexibility index (Phi) is 10.2. The molecule has 0 radical (unpaired) electrons. The van der Waals surface area contributed by atoms with E-state index in [1.54, 1.807) is 7.05 Å². The Morgan fingerprint density at radius 1 is 1.22 bits per heavy atom. The summed E-state index contributed by atoms with van der Waals surface area (Å²) in [6.07, 6.45) is 1.41. The van der Waals surface area contributed by atoms with Gasteiger partial charge in [-0.2, -0.15) is 0 Å². The molecule has 1 heterocycles. The lowest BCUT2D eigenvalue weighted by Gasteiger charge is -2.16. The number of guanidine groups is 1. The lowest BCUT2D eigenvalue weighted by Crippen LogP contribution is -2.44. The minimum absolute atomic E-state index is 0. The van der Waals surface area contributed by atoms with E-state index in [0.29, 0.717) is 32.1 Å². The van der Waals surface area contributed by atoms with Crippen molar-refractivity contribution in [2.24, 2.45) is 4.99 Å². The molecule has 1 saturated heterocycles. The summed E-state index contributed by atoms with van der Waals surface area (Å²) < 4.78 is 34.3. The van der Waals surface area contributed by atoms with Crippen molar-refractivity contribution >= 4 is 39.8 Å². The number of halogens is 1. The summed E-state index contributed by atoms with van der Waals surface area (Å²) in [5.74, 6) is 2.55. The Morgan fingerprint density at radius 3 is 2.52 bits per heavy atom. The largest absolute Gasteiger partial charge is 0.490 e. The molecule has 1 unspecified atom stereocenters. The van der Waals surface area contributed by atoms with E-state index in [9.17, 15) is 8.42 Å². The fourth-order valence-electron chi connectivity index (χ4n) is 2.87. The minimum Gasteiger partial charge on any atom is -0.490 e. The first kappa shape index (κ1) is 23.8. The maximum Gasteiger partial charge on any atom is 0.191 e. The second kappa shape index (κ2) is 11.6. The number of hydrogen-bond acceptors (Lipinski definition) is 5. The zero-order chi connectivity index (χ0) is 19.0. The van der Waals surface area contributed by atoms with Gasteiger partial charge in [0.25, 0.3) is 0 Å². The van der Waals surface area contributed by atoms with Crippen LogP contribution in [0.3, 0.4) is 0 Å². The van der Waals surface area contributed by atoms with Gasteiger partial charge in [0.05, 0.1) is 24.7 Å². The molecule has 1 aliphatic heterocycles. The van der Waals surface area contributed by atoms with Crippen LogP contribution in [-0.4, -0.2) is 58.7 Å². The molecule has 0 spiro atoms. The first-order valence-electron chi connectivity index (χ1n) is 9.03. The van der Waals surface area contributed by atoms with Crippen LogP contribution in [-0.2, 0) is 16.3 Å². The monoisotopic (exact) mass is 511 g/mol. The molecule has 0 aliphatic carbocycles. The molecule has 2 rings (SSSR count). The van der Waals surface area contributed by atoms with Crippen LogP contribution in [0.2, 0.25) is 0 Å². The van der Waals surface area contributed by atoms with Gasteiger partial charge in [-0.1, -0.05) is 6.07 Å². The average Bonchev–Trinajstić information content (AvgIpc) is 2.95. The summed E-state index contributed by atoms with van der Waals surface area (Å²) >= 11 is 0. The van der Waals surface area contributed by atoms with Crippen LogP contribution in [0.4, 0.5) is 0 Å². The Hall–Kier alpha value is -1.23. The molecule has 1 aromatic rings. The van der Waals surface area contributed by atoms with E-state index < -0.39 is 9.84 Å². The number of benzene rings is 1. The van der Waals surface area contributed by atoms with Gasteiger partial charge >= 0.3 is 0 Å². The molecule has 1 aromatic carbocycles. The first-order valence-corrected chi connectivity index (χ1v) is 10.9. The van der Waals surface area contributed by atoms with E-state index in [1.807, 2.05) is 32.0 Å². The van der Waals surface area contributed by atoms with Crippen LogP contribution in [0.25, 0.3) is 0 Å². The van der Waals surface area contributed by atoms with Gasteiger partial charge in [-0.25, -0.2) is 8.42 Å². The van der Waals surface area contributed by atoms with Gasteiger partial charge in [0, 0.05) is 19.6 Å².